The highest BCUT2D eigenvalue weighted by Crippen LogP contribution is 2.32. The number of anilines is 2. The van der Waals surface area contributed by atoms with Gasteiger partial charge >= 0.3 is 0 Å². The number of methoxy groups -OCH3 is 1. The number of hydrogen-bond donors (Lipinski definition) is 1. The van der Waals surface area contributed by atoms with Crippen molar-refractivity contribution in [3.63, 3.8) is 0 Å². The van der Waals surface area contributed by atoms with Crippen LogP contribution in [-0.2, 0) is 6.54 Å². The van der Waals surface area contributed by atoms with E-state index in [1.165, 1.54) is 17.4 Å². The standard InChI is InChI=1S/C13H16N4O3S/c1-16(2)13-15-12(20-3)11(21-13)8-14-9-6-4-5-7-10(9)17(18)19/h4-7,14H,8H2,1-3H3. The Hall–Kier alpha value is -2.35. The molecule has 1 aromatic heterocycles. The molecule has 0 spiro atoms. The number of nitrogens with zero attached hydrogens (tertiary/aromatic N) is 3. The van der Waals surface area contributed by atoms with Crippen molar-refractivity contribution in [1.82, 2.24) is 4.98 Å². The second-order valence-electron chi connectivity index (χ2n) is 4.45. The molecule has 21 heavy (non-hydrogen) atoms. The van der Waals surface area contributed by atoms with Crippen molar-refractivity contribution >= 4 is 27.8 Å². The normalized spacial score (nSPS) is 10.2. The molecule has 2 aromatic rings. The van der Waals surface area contributed by atoms with Gasteiger partial charge < -0.3 is 15.0 Å². The van der Waals surface area contributed by atoms with Crippen molar-refractivity contribution in [3.05, 3.63) is 39.3 Å². The largest absolute Gasteiger partial charge is 0.480 e. The Morgan fingerprint density at radius 1 is 1.43 bits per heavy atom. The van der Waals surface area contributed by atoms with Crippen molar-refractivity contribution in [3.8, 4) is 5.88 Å². The van der Waals surface area contributed by atoms with Crippen LogP contribution in [0.25, 0.3) is 0 Å². The number of hydrogen-bond acceptors (Lipinski definition) is 7. The van der Waals surface area contributed by atoms with Crippen molar-refractivity contribution < 1.29 is 9.66 Å². The lowest BCUT2D eigenvalue weighted by atomic mass is 10.2. The van der Waals surface area contributed by atoms with Crippen LogP contribution in [0.1, 0.15) is 4.88 Å². The van der Waals surface area contributed by atoms with Gasteiger partial charge in [0.05, 0.1) is 23.5 Å². The first-order chi connectivity index (χ1) is 10.0. The number of nitrogens with one attached hydrogen (secondary N) is 1. The zero-order valence-electron chi connectivity index (χ0n) is 12.0. The van der Waals surface area contributed by atoms with Crippen molar-refractivity contribution in [2.75, 3.05) is 31.4 Å². The molecule has 1 N–H and O–H groups in total. The minimum Gasteiger partial charge on any atom is -0.480 e. The van der Waals surface area contributed by atoms with Crippen LogP contribution in [0, 0.1) is 10.1 Å². The Morgan fingerprint density at radius 3 is 2.76 bits per heavy atom. The van der Waals surface area contributed by atoms with E-state index < -0.39 is 4.92 Å². The summed E-state index contributed by atoms with van der Waals surface area (Å²) in [7, 11) is 5.36. The van der Waals surface area contributed by atoms with Crippen LogP contribution in [0.3, 0.4) is 0 Å². The number of nitro groups is 1. The van der Waals surface area contributed by atoms with Gasteiger partial charge in [0.15, 0.2) is 5.13 Å². The molecular formula is C13H16N4O3S. The fourth-order valence-corrected chi connectivity index (χ4v) is 2.64. The molecule has 0 atom stereocenters. The lowest BCUT2D eigenvalue weighted by molar-refractivity contribution is -0.384. The fourth-order valence-electron chi connectivity index (χ4n) is 1.75. The van der Waals surface area contributed by atoms with Crippen LogP contribution in [-0.4, -0.2) is 31.1 Å². The average molecular weight is 308 g/mol. The van der Waals surface area contributed by atoms with E-state index in [1.54, 1.807) is 25.3 Å². The van der Waals surface area contributed by atoms with Gasteiger partial charge in [0, 0.05) is 20.2 Å². The maximum Gasteiger partial charge on any atom is 0.292 e. The van der Waals surface area contributed by atoms with E-state index in [1.807, 2.05) is 19.0 Å². The average Bonchev–Trinajstić information content (AvgIpc) is 2.88. The molecule has 0 fully saturated rings. The zero-order chi connectivity index (χ0) is 15.4. The van der Waals surface area contributed by atoms with Crippen LogP contribution < -0.4 is 15.0 Å². The highest BCUT2D eigenvalue weighted by molar-refractivity contribution is 7.15. The molecule has 1 aromatic carbocycles. The van der Waals surface area contributed by atoms with E-state index in [-0.39, 0.29) is 5.69 Å². The molecule has 0 saturated heterocycles. The Bertz CT molecular complexity index is 642. The topological polar surface area (TPSA) is 80.5 Å². The summed E-state index contributed by atoms with van der Waals surface area (Å²) in [6.45, 7) is 0.416. The Morgan fingerprint density at radius 2 is 2.14 bits per heavy atom. The number of thiazole rings is 1. The van der Waals surface area contributed by atoms with Crippen molar-refractivity contribution in [1.29, 1.82) is 0 Å². The molecule has 0 aliphatic heterocycles. The number of rotatable bonds is 6. The number of nitro benzene ring substituents is 1. The first-order valence-electron chi connectivity index (χ1n) is 6.21. The van der Waals surface area contributed by atoms with E-state index >= 15 is 0 Å². The van der Waals surface area contributed by atoms with Crippen molar-refractivity contribution in [2.24, 2.45) is 0 Å². The molecule has 1 heterocycles. The van der Waals surface area contributed by atoms with Gasteiger partial charge in [-0.05, 0) is 6.07 Å². The Kier molecular flexibility index (Phi) is 4.59. The lowest BCUT2D eigenvalue weighted by Crippen LogP contribution is -2.07. The summed E-state index contributed by atoms with van der Waals surface area (Å²) in [6, 6.07) is 6.54. The smallest absolute Gasteiger partial charge is 0.292 e. The molecule has 0 aliphatic carbocycles. The van der Waals surface area contributed by atoms with E-state index in [2.05, 4.69) is 10.3 Å². The molecule has 0 bridgehead atoms. The lowest BCUT2D eigenvalue weighted by Gasteiger charge is -2.06. The molecule has 112 valence electrons. The van der Waals surface area contributed by atoms with Crippen LogP contribution in [0.4, 0.5) is 16.5 Å². The van der Waals surface area contributed by atoms with Gasteiger partial charge in [-0.2, -0.15) is 4.98 Å². The SMILES string of the molecule is COc1nc(N(C)C)sc1CNc1ccccc1[N+](=O)[O-]. The molecular weight excluding hydrogens is 292 g/mol. The molecule has 0 saturated carbocycles. The zero-order valence-corrected chi connectivity index (χ0v) is 12.8. The molecule has 0 radical (unpaired) electrons. The summed E-state index contributed by atoms with van der Waals surface area (Å²) in [5, 5.41) is 14.9. The molecule has 0 amide bonds. The van der Waals surface area contributed by atoms with Gasteiger partial charge in [0.25, 0.3) is 5.69 Å². The van der Waals surface area contributed by atoms with E-state index in [9.17, 15) is 10.1 Å². The van der Waals surface area contributed by atoms with Crippen LogP contribution in [0.15, 0.2) is 24.3 Å². The third-order valence-electron chi connectivity index (χ3n) is 2.77. The predicted molar refractivity (Wildman–Crippen MR) is 83.4 cm³/mol. The number of ether oxygens (including phenoxy) is 1. The second-order valence-corrected chi connectivity index (χ2v) is 5.51. The Labute approximate surface area is 126 Å². The summed E-state index contributed by atoms with van der Waals surface area (Å²) in [5.74, 6) is 0.537. The predicted octanol–water partition coefficient (Wildman–Crippen LogP) is 2.74. The van der Waals surface area contributed by atoms with Gasteiger partial charge in [-0.1, -0.05) is 23.5 Å². The number of para-hydroxylation sites is 2. The van der Waals surface area contributed by atoms with E-state index in [0.29, 0.717) is 18.1 Å². The quantitative estimate of drug-likeness (QED) is 0.653. The maximum atomic E-state index is 11.0. The summed E-state index contributed by atoms with van der Waals surface area (Å²) in [4.78, 5) is 17.7. The minimum atomic E-state index is -0.405. The number of benzene rings is 1. The minimum absolute atomic E-state index is 0.0498. The summed E-state index contributed by atoms with van der Waals surface area (Å²) >= 11 is 1.48. The third kappa shape index (κ3) is 3.40. The summed E-state index contributed by atoms with van der Waals surface area (Å²) in [5.41, 5.74) is 0.526. The van der Waals surface area contributed by atoms with Crippen LogP contribution in [0.2, 0.25) is 0 Å². The monoisotopic (exact) mass is 308 g/mol. The van der Waals surface area contributed by atoms with Crippen LogP contribution >= 0.6 is 11.3 Å². The highest BCUT2D eigenvalue weighted by atomic mass is 32.1. The van der Waals surface area contributed by atoms with Crippen molar-refractivity contribution in [2.45, 2.75) is 6.54 Å². The van der Waals surface area contributed by atoms with E-state index in [4.69, 9.17) is 4.74 Å². The second kappa shape index (κ2) is 6.40. The fraction of sp³-hybridized carbons (Fsp3) is 0.308. The molecule has 2 rings (SSSR count). The number of aromatic nitrogens is 1. The van der Waals surface area contributed by atoms with E-state index in [0.717, 1.165) is 10.0 Å². The van der Waals surface area contributed by atoms with Gasteiger partial charge in [-0.3, -0.25) is 10.1 Å². The molecule has 8 heteroatoms. The first kappa shape index (κ1) is 15.0. The van der Waals surface area contributed by atoms with Gasteiger partial charge in [-0.25, -0.2) is 0 Å². The molecule has 0 unspecified atom stereocenters. The highest BCUT2D eigenvalue weighted by Gasteiger charge is 2.16. The maximum absolute atomic E-state index is 11.0. The van der Waals surface area contributed by atoms with Gasteiger partial charge in [0.2, 0.25) is 5.88 Å². The van der Waals surface area contributed by atoms with Gasteiger partial charge in [0.1, 0.15) is 5.69 Å². The third-order valence-corrected chi connectivity index (χ3v) is 3.97. The summed E-state index contributed by atoms with van der Waals surface area (Å²) in [6.07, 6.45) is 0. The van der Waals surface area contributed by atoms with Crippen LogP contribution in [0.5, 0.6) is 5.88 Å². The van der Waals surface area contributed by atoms with Gasteiger partial charge in [-0.15, -0.1) is 0 Å². The molecule has 7 nitrogen and oxygen atoms in total. The summed E-state index contributed by atoms with van der Waals surface area (Å²) < 4.78 is 5.24. The molecule has 0 aliphatic rings. The Balaban J connectivity index is 2.18. The first-order valence-corrected chi connectivity index (χ1v) is 7.03.